The molecular weight excluding hydrogens is 306 g/mol. The summed E-state index contributed by atoms with van der Waals surface area (Å²) in [5.41, 5.74) is 3.47. The van der Waals surface area contributed by atoms with Gasteiger partial charge in [-0.15, -0.1) is 0 Å². The van der Waals surface area contributed by atoms with E-state index in [1.165, 1.54) is 14.0 Å². The summed E-state index contributed by atoms with van der Waals surface area (Å²) in [5, 5.41) is 12.5. The minimum Gasteiger partial charge on any atom is -0.479 e. The van der Waals surface area contributed by atoms with E-state index in [0.29, 0.717) is 17.9 Å². The number of carboxylic acids is 1. The average Bonchev–Trinajstić information content (AvgIpc) is 3.06. The normalized spacial score (nSPS) is 19.7. The molecule has 9 nitrogen and oxygen atoms in total. The number of hydrogen-bond acceptors (Lipinski definition) is 7. The first-order valence-electron chi connectivity index (χ1n) is 7.38. The van der Waals surface area contributed by atoms with Crippen LogP contribution in [0.1, 0.15) is 32.6 Å². The highest BCUT2D eigenvalue weighted by Crippen LogP contribution is 2.25. The highest BCUT2D eigenvalue weighted by Gasteiger charge is 2.47. The summed E-state index contributed by atoms with van der Waals surface area (Å²) in [6.45, 7) is 1.35. The Kier molecular flexibility index (Phi) is 6.64. The Balaban J connectivity index is 3.11. The third-order valence-corrected chi connectivity index (χ3v) is 4.00. The molecule has 0 aromatic rings. The number of nitrogens with one attached hydrogen (secondary N) is 1. The van der Waals surface area contributed by atoms with E-state index in [0.717, 1.165) is 6.42 Å². The average molecular weight is 329 g/mol. The number of ether oxygens (including phenoxy) is 1. The Morgan fingerprint density at radius 1 is 1.39 bits per heavy atom. The number of nitrogens with two attached hydrogens (primary N) is 1. The monoisotopic (exact) mass is 329 g/mol. The maximum absolute atomic E-state index is 12.6. The number of carboxylic acid groups (broad SMARTS) is 1. The largest absolute Gasteiger partial charge is 0.479 e. The van der Waals surface area contributed by atoms with Crippen LogP contribution in [-0.4, -0.2) is 65.5 Å². The minimum absolute atomic E-state index is 0.237. The second kappa shape index (κ2) is 8.02. The number of methoxy groups -OCH3 is 1. The minimum atomic E-state index is -1.87. The standard InChI is InChI=1S/C14H23N3O6/c1-14(13(21)22,6-5-11(19)23-2)17(10(18)8-15)12(20)9-4-3-7-16-9/h9,16H,3-8,15H2,1-2H3,(H,21,22)/t9-,14-/m0/s1. The van der Waals surface area contributed by atoms with E-state index in [1.807, 2.05) is 0 Å². The fourth-order valence-corrected chi connectivity index (χ4v) is 2.55. The lowest BCUT2D eigenvalue weighted by atomic mass is 9.92. The molecule has 0 aromatic carbocycles. The molecule has 1 fully saturated rings. The number of imide groups is 1. The van der Waals surface area contributed by atoms with Crippen LogP contribution < -0.4 is 11.1 Å². The summed E-state index contributed by atoms with van der Waals surface area (Å²) in [4.78, 5) is 48.5. The van der Waals surface area contributed by atoms with Gasteiger partial charge in [0.2, 0.25) is 11.8 Å². The molecule has 0 aromatic heterocycles. The van der Waals surface area contributed by atoms with Gasteiger partial charge in [-0.2, -0.15) is 0 Å². The number of nitrogens with zero attached hydrogens (tertiary/aromatic N) is 1. The van der Waals surface area contributed by atoms with Crippen LogP contribution >= 0.6 is 0 Å². The lowest BCUT2D eigenvalue weighted by Gasteiger charge is -2.37. The van der Waals surface area contributed by atoms with Crippen molar-refractivity contribution in [2.75, 3.05) is 20.2 Å². The molecule has 1 saturated heterocycles. The Hall–Kier alpha value is -2.00. The van der Waals surface area contributed by atoms with Crippen molar-refractivity contribution >= 4 is 23.8 Å². The van der Waals surface area contributed by atoms with E-state index < -0.39 is 41.9 Å². The van der Waals surface area contributed by atoms with Crippen LogP contribution in [0.5, 0.6) is 0 Å². The van der Waals surface area contributed by atoms with Gasteiger partial charge in [0.05, 0.1) is 19.7 Å². The van der Waals surface area contributed by atoms with E-state index in [9.17, 15) is 24.3 Å². The van der Waals surface area contributed by atoms with Gasteiger partial charge in [-0.25, -0.2) is 4.79 Å². The summed E-state index contributed by atoms with van der Waals surface area (Å²) in [7, 11) is 1.18. The Morgan fingerprint density at radius 3 is 2.48 bits per heavy atom. The molecular formula is C14H23N3O6. The van der Waals surface area contributed by atoms with Crippen molar-refractivity contribution in [2.45, 2.75) is 44.2 Å². The van der Waals surface area contributed by atoms with Gasteiger partial charge in [-0.3, -0.25) is 19.3 Å². The predicted molar refractivity (Wildman–Crippen MR) is 79.2 cm³/mol. The first kappa shape index (κ1) is 19.0. The Labute approximate surface area is 134 Å². The van der Waals surface area contributed by atoms with Gasteiger partial charge in [0.15, 0.2) is 0 Å². The molecule has 0 saturated carbocycles. The van der Waals surface area contributed by atoms with Crippen molar-refractivity contribution in [2.24, 2.45) is 5.73 Å². The Morgan fingerprint density at radius 2 is 2.04 bits per heavy atom. The topological polar surface area (TPSA) is 139 Å². The SMILES string of the molecule is COC(=O)CC[C@@](C)(C(=O)O)N(C(=O)CN)C(=O)[C@@H]1CCCN1. The Bertz CT molecular complexity index is 489. The predicted octanol–water partition coefficient (Wildman–Crippen LogP) is -1.15. The molecule has 0 radical (unpaired) electrons. The zero-order valence-corrected chi connectivity index (χ0v) is 13.3. The maximum atomic E-state index is 12.6. The molecule has 2 amide bonds. The number of aliphatic carboxylic acids is 1. The van der Waals surface area contributed by atoms with Crippen LogP contribution in [0, 0.1) is 0 Å². The van der Waals surface area contributed by atoms with E-state index in [1.54, 1.807) is 0 Å². The van der Waals surface area contributed by atoms with Gasteiger partial charge >= 0.3 is 11.9 Å². The third-order valence-electron chi connectivity index (χ3n) is 4.00. The molecule has 9 heteroatoms. The van der Waals surface area contributed by atoms with Crippen molar-refractivity contribution in [3.63, 3.8) is 0 Å². The van der Waals surface area contributed by atoms with E-state index >= 15 is 0 Å². The molecule has 1 rings (SSSR count). The first-order valence-corrected chi connectivity index (χ1v) is 7.38. The van der Waals surface area contributed by atoms with Crippen molar-refractivity contribution in [3.05, 3.63) is 0 Å². The summed E-state index contributed by atoms with van der Waals surface area (Å²) in [5.74, 6) is -3.43. The molecule has 130 valence electrons. The summed E-state index contributed by atoms with van der Waals surface area (Å²) < 4.78 is 4.49. The number of carbonyl (C=O) groups is 4. The number of rotatable bonds is 7. The van der Waals surface area contributed by atoms with Gasteiger partial charge in [-0.05, 0) is 32.7 Å². The van der Waals surface area contributed by atoms with E-state index in [-0.39, 0.29) is 12.8 Å². The zero-order chi connectivity index (χ0) is 17.6. The molecule has 4 N–H and O–H groups in total. The fourth-order valence-electron chi connectivity index (χ4n) is 2.55. The number of amides is 2. The van der Waals surface area contributed by atoms with Crippen molar-refractivity contribution in [1.82, 2.24) is 10.2 Å². The molecule has 2 atom stereocenters. The lowest BCUT2D eigenvalue weighted by Crippen LogP contribution is -2.62. The molecule has 0 unspecified atom stereocenters. The van der Waals surface area contributed by atoms with Crippen LogP contribution in [0.15, 0.2) is 0 Å². The fraction of sp³-hybridized carbons (Fsp3) is 0.714. The number of hydrogen-bond donors (Lipinski definition) is 3. The van der Waals surface area contributed by atoms with Gasteiger partial charge in [-0.1, -0.05) is 0 Å². The summed E-state index contributed by atoms with van der Waals surface area (Å²) in [6, 6.07) is -0.623. The zero-order valence-electron chi connectivity index (χ0n) is 13.3. The van der Waals surface area contributed by atoms with E-state index in [2.05, 4.69) is 10.1 Å². The van der Waals surface area contributed by atoms with E-state index in [4.69, 9.17) is 5.73 Å². The molecule has 1 heterocycles. The van der Waals surface area contributed by atoms with Crippen LogP contribution in [-0.2, 0) is 23.9 Å². The van der Waals surface area contributed by atoms with Crippen LogP contribution in [0.3, 0.4) is 0 Å². The quantitative estimate of drug-likeness (QED) is 0.498. The van der Waals surface area contributed by atoms with Gasteiger partial charge in [0.1, 0.15) is 5.54 Å². The van der Waals surface area contributed by atoms with Gasteiger partial charge < -0.3 is 20.9 Å². The van der Waals surface area contributed by atoms with Gasteiger partial charge in [0.25, 0.3) is 0 Å². The molecule has 0 spiro atoms. The summed E-state index contributed by atoms with van der Waals surface area (Å²) >= 11 is 0. The third kappa shape index (κ3) is 4.26. The van der Waals surface area contributed by atoms with Crippen molar-refractivity contribution in [1.29, 1.82) is 0 Å². The lowest BCUT2D eigenvalue weighted by molar-refractivity contribution is -0.167. The highest BCUT2D eigenvalue weighted by molar-refractivity contribution is 6.03. The summed E-state index contributed by atoms with van der Waals surface area (Å²) in [6.07, 6.45) is 0.783. The smallest absolute Gasteiger partial charge is 0.329 e. The van der Waals surface area contributed by atoms with Crippen LogP contribution in [0.25, 0.3) is 0 Å². The molecule has 0 aliphatic carbocycles. The molecule has 0 bridgehead atoms. The van der Waals surface area contributed by atoms with Gasteiger partial charge in [0, 0.05) is 6.42 Å². The second-order valence-corrected chi connectivity index (χ2v) is 5.58. The molecule has 1 aliphatic heterocycles. The molecule has 23 heavy (non-hydrogen) atoms. The van der Waals surface area contributed by atoms with Crippen LogP contribution in [0.4, 0.5) is 0 Å². The number of carbonyl (C=O) groups excluding carboxylic acids is 3. The molecule has 1 aliphatic rings. The highest BCUT2D eigenvalue weighted by atomic mass is 16.5. The maximum Gasteiger partial charge on any atom is 0.329 e. The number of esters is 1. The van der Waals surface area contributed by atoms with Crippen LogP contribution in [0.2, 0.25) is 0 Å². The van der Waals surface area contributed by atoms with Crippen molar-refractivity contribution in [3.8, 4) is 0 Å². The first-order chi connectivity index (χ1) is 10.8. The second-order valence-electron chi connectivity index (χ2n) is 5.58. The van der Waals surface area contributed by atoms with Crippen molar-refractivity contribution < 1.29 is 29.0 Å².